The van der Waals surface area contributed by atoms with Gasteiger partial charge >= 0.3 is 0 Å². The average Bonchev–Trinajstić information content (AvgIpc) is 2.97. The van der Waals surface area contributed by atoms with Crippen molar-refractivity contribution in [2.75, 3.05) is 4.90 Å². The Bertz CT molecular complexity index is 921. The van der Waals surface area contributed by atoms with Gasteiger partial charge in [-0.2, -0.15) is 0 Å². The van der Waals surface area contributed by atoms with Crippen LogP contribution in [0.4, 0.5) is 5.69 Å². The topological polar surface area (TPSA) is 8.17 Å². The van der Waals surface area contributed by atoms with E-state index in [-0.39, 0.29) is 0 Å². The number of aryl methyl sites for hydroxylation is 2. The first-order chi connectivity index (χ1) is 10.5. The number of hydrogen-bond acceptors (Lipinski definition) is 1. The molecule has 1 aromatic heterocycles. The van der Waals surface area contributed by atoms with Crippen molar-refractivity contribution in [1.29, 1.82) is 0 Å². The number of benzene rings is 2. The Morgan fingerprint density at radius 1 is 1.09 bits per heavy atom. The molecular formula is C19H17ClN2. The maximum absolute atomic E-state index is 6.12. The van der Waals surface area contributed by atoms with Crippen molar-refractivity contribution in [1.82, 2.24) is 4.57 Å². The lowest BCUT2D eigenvalue weighted by Gasteiger charge is -2.19. The van der Waals surface area contributed by atoms with E-state index in [0.29, 0.717) is 0 Å². The third-order valence-corrected chi connectivity index (χ3v) is 4.85. The van der Waals surface area contributed by atoms with Gasteiger partial charge in [0.25, 0.3) is 0 Å². The van der Waals surface area contributed by atoms with Crippen molar-refractivity contribution in [3.05, 3.63) is 70.9 Å². The van der Waals surface area contributed by atoms with Gasteiger partial charge in [-0.15, -0.1) is 0 Å². The minimum absolute atomic E-state index is 0.760. The van der Waals surface area contributed by atoms with Crippen molar-refractivity contribution >= 4 is 33.9 Å². The Kier molecular flexibility index (Phi) is 2.85. The van der Waals surface area contributed by atoms with Crippen LogP contribution < -0.4 is 4.90 Å². The number of anilines is 1. The van der Waals surface area contributed by atoms with Crippen LogP contribution in [0.15, 0.2) is 49.0 Å². The van der Waals surface area contributed by atoms with Crippen LogP contribution >= 0.6 is 11.6 Å². The normalized spacial score (nSPS) is 14.0. The first kappa shape index (κ1) is 13.5. The molecule has 0 spiro atoms. The zero-order valence-electron chi connectivity index (χ0n) is 12.7. The van der Waals surface area contributed by atoms with Crippen molar-refractivity contribution < 1.29 is 0 Å². The van der Waals surface area contributed by atoms with Crippen LogP contribution in [-0.4, -0.2) is 4.57 Å². The Labute approximate surface area is 135 Å². The monoisotopic (exact) mass is 308 g/mol. The van der Waals surface area contributed by atoms with Gasteiger partial charge in [0.2, 0.25) is 0 Å². The molecule has 2 aromatic carbocycles. The fraction of sp³-hybridized carbons (Fsp3) is 0.158. The summed E-state index contributed by atoms with van der Waals surface area (Å²) in [5.74, 6) is 0. The minimum atomic E-state index is 0.760. The highest BCUT2D eigenvalue weighted by molar-refractivity contribution is 6.30. The molecule has 0 N–H and O–H groups in total. The molecule has 0 saturated carbocycles. The predicted molar refractivity (Wildman–Crippen MR) is 94.3 cm³/mol. The maximum Gasteiger partial charge on any atom is 0.0488 e. The van der Waals surface area contributed by atoms with Crippen LogP contribution in [0.1, 0.15) is 16.8 Å². The summed E-state index contributed by atoms with van der Waals surface area (Å²) in [5.41, 5.74) is 7.14. The SMILES string of the molecule is C=C1c2cc(Cl)ccc2CN1c1ccc2c(c1)cc(C)n2C. The molecule has 1 aliphatic rings. The van der Waals surface area contributed by atoms with E-state index in [4.69, 9.17) is 11.6 Å². The van der Waals surface area contributed by atoms with E-state index in [1.807, 2.05) is 12.1 Å². The van der Waals surface area contributed by atoms with Crippen molar-refractivity contribution in [3.8, 4) is 0 Å². The molecule has 0 radical (unpaired) electrons. The molecule has 0 fully saturated rings. The second-order valence-corrected chi connectivity index (χ2v) is 6.36. The van der Waals surface area contributed by atoms with Crippen LogP contribution in [0, 0.1) is 6.92 Å². The molecule has 0 aliphatic carbocycles. The lowest BCUT2D eigenvalue weighted by Crippen LogP contribution is -2.12. The summed E-state index contributed by atoms with van der Waals surface area (Å²) < 4.78 is 2.21. The number of fused-ring (bicyclic) bond motifs is 2. The van der Waals surface area contributed by atoms with Gasteiger partial charge in [-0.1, -0.05) is 24.2 Å². The number of rotatable bonds is 1. The van der Waals surface area contributed by atoms with Gasteiger partial charge in [-0.3, -0.25) is 0 Å². The van der Waals surface area contributed by atoms with Crippen LogP contribution in [0.3, 0.4) is 0 Å². The van der Waals surface area contributed by atoms with E-state index in [9.17, 15) is 0 Å². The zero-order valence-corrected chi connectivity index (χ0v) is 13.5. The Morgan fingerprint density at radius 3 is 2.73 bits per heavy atom. The summed E-state index contributed by atoms with van der Waals surface area (Å²) in [5, 5.41) is 2.02. The zero-order chi connectivity index (χ0) is 15.4. The summed E-state index contributed by atoms with van der Waals surface area (Å²) in [6.07, 6.45) is 0. The molecule has 0 bridgehead atoms. The van der Waals surface area contributed by atoms with Crippen LogP contribution in [0.2, 0.25) is 5.02 Å². The predicted octanol–water partition coefficient (Wildman–Crippen LogP) is 5.13. The smallest absolute Gasteiger partial charge is 0.0488 e. The number of hydrogen-bond donors (Lipinski definition) is 0. The lowest BCUT2D eigenvalue weighted by molar-refractivity contribution is 0.918. The van der Waals surface area contributed by atoms with E-state index >= 15 is 0 Å². The van der Waals surface area contributed by atoms with Crippen molar-refractivity contribution in [2.45, 2.75) is 13.5 Å². The molecule has 0 saturated heterocycles. The fourth-order valence-corrected chi connectivity index (χ4v) is 3.43. The summed E-state index contributed by atoms with van der Waals surface area (Å²) >= 11 is 6.12. The molecule has 110 valence electrons. The van der Waals surface area contributed by atoms with E-state index < -0.39 is 0 Å². The number of halogens is 1. The average molecular weight is 309 g/mol. The van der Waals surface area contributed by atoms with Gasteiger partial charge in [0.1, 0.15) is 0 Å². The highest BCUT2D eigenvalue weighted by atomic mass is 35.5. The number of aromatic nitrogens is 1. The number of nitrogens with zero attached hydrogens (tertiary/aromatic N) is 2. The summed E-state index contributed by atoms with van der Waals surface area (Å²) in [6, 6.07) is 14.9. The van der Waals surface area contributed by atoms with Crippen molar-refractivity contribution in [2.24, 2.45) is 7.05 Å². The molecule has 2 nitrogen and oxygen atoms in total. The molecule has 0 atom stereocenters. The molecule has 0 unspecified atom stereocenters. The van der Waals surface area contributed by atoms with E-state index in [0.717, 1.165) is 22.8 Å². The molecule has 1 aliphatic heterocycles. The van der Waals surface area contributed by atoms with Crippen molar-refractivity contribution in [3.63, 3.8) is 0 Å². The summed E-state index contributed by atoms with van der Waals surface area (Å²) in [7, 11) is 2.10. The van der Waals surface area contributed by atoms with Gasteiger partial charge in [-0.25, -0.2) is 0 Å². The van der Waals surface area contributed by atoms with Crippen LogP contribution in [-0.2, 0) is 13.6 Å². The summed E-state index contributed by atoms with van der Waals surface area (Å²) in [6.45, 7) is 7.24. The first-order valence-corrected chi connectivity index (χ1v) is 7.74. The lowest BCUT2D eigenvalue weighted by atomic mass is 10.1. The third-order valence-electron chi connectivity index (χ3n) is 4.61. The van der Waals surface area contributed by atoms with E-state index in [1.165, 1.54) is 27.8 Å². The molecule has 22 heavy (non-hydrogen) atoms. The second-order valence-electron chi connectivity index (χ2n) is 5.92. The molecular weight excluding hydrogens is 292 g/mol. The third kappa shape index (κ3) is 1.87. The highest BCUT2D eigenvalue weighted by Gasteiger charge is 2.24. The Morgan fingerprint density at radius 2 is 1.91 bits per heavy atom. The van der Waals surface area contributed by atoms with Crippen LogP contribution in [0.25, 0.3) is 16.6 Å². The minimum Gasteiger partial charge on any atom is -0.348 e. The second kappa shape index (κ2) is 4.65. The molecule has 4 rings (SSSR count). The molecule has 3 aromatic rings. The highest BCUT2D eigenvalue weighted by Crippen LogP contribution is 2.38. The molecule has 2 heterocycles. The van der Waals surface area contributed by atoms with Gasteiger partial charge in [0.15, 0.2) is 0 Å². The summed E-state index contributed by atoms with van der Waals surface area (Å²) in [4.78, 5) is 2.25. The Balaban J connectivity index is 1.79. The Hall–Kier alpha value is -2.19. The van der Waals surface area contributed by atoms with E-state index in [2.05, 4.69) is 60.3 Å². The van der Waals surface area contributed by atoms with Gasteiger partial charge in [-0.05, 0) is 48.9 Å². The van der Waals surface area contributed by atoms with E-state index in [1.54, 1.807) is 0 Å². The molecule has 0 amide bonds. The largest absolute Gasteiger partial charge is 0.348 e. The first-order valence-electron chi connectivity index (χ1n) is 7.36. The standard InChI is InChI=1S/C19H17ClN2/c1-12-8-15-9-17(6-7-19(15)21(12)3)22-11-14-4-5-16(20)10-18(14)13(22)2/h4-10H,2,11H2,1,3H3. The quantitative estimate of drug-likeness (QED) is 0.605. The van der Waals surface area contributed by atoms with Crippen LogP contribution in [0.5, 0.6) is 0 Å². The van der Waals surface area contributed by atoms with Gasteiger partial charge in [0.05, 0.1) is 0 Å². The molecule has 3 heteroatoms. The van der Waals surface area contributed by atoms with Gasteiger partial charge in [0, 0.05) is 52.2 Å². The fourth-order valence-electron chi connectivity index (χ4n) is 3.26. The van der Waals surface area contributed by atoms with Gasteiger partial charge < -0.3 is 9.47 Å². The maximum atomic E-state index is 6.12.